The third-order valence-corrected chi connectivity index (χ3v) is 4.74. The fourth-order valence-electron chi connectivity index (χ4n) is 3.16. The number of nitrogens with one attached hydrogen (secondary N) is 1. The third kappa shape index (κ3) is 3.65. The molecule has 1 fully saturated rings. The van der Waals surface area contributed by atoms with Crippen molar-refractivity contribution in [1.29, 1.82) is 0 Å². The number of carbonyl (C=O) groups excluding carboxylic acids is 1. The lowest BCUT2D eigenvalue weighted by molar-refractivity contribution is 0.102. The van der Waals surface area contributed by atoms with E-state index >= 15 is 0 Å². The topological polar surface area (TPSA) is 58.4 Å². The summed E-state index contributed by atoms with van der Waals surface area (Å²) in [5.41, 5.74) is 8.92. The largest absolute Gasteiger partial charge is 0.399 e. The van der Waals surface area contributed by atoms with Crippen molar-refractivity contribution in [1.82, 2.24) is 0 Å². The molecule has 1 aliphatic heterocycles. The van der Waals surface area contributed by atoms with Gasteiger partial charge >= 0.3 is 0 Å². The number of nitrogen functional groups attached to an aromatic ring is 1. The Morgan fingerprint density at radius 1 is 1.21 bits per heavy atom. The van der Waals surface area contributed by atoms with Gasteiger partial charge < -0.3 is 16.0 Å². The summed E-state index contributed by atoms with van der Waals surface area (Å²) >= 11 is 5.89. The molecule has 0 saturated carbocycles. The van der Waals surface area contributed by atoms with Gasteiger partial charge in [-0.1, -0.05) is 11.6 Å². The summed E-state index contributed by atoms with van der Waals surface area (Å²) in [7, 11) is 0. The maximum absolute atomic E-state index is 12.5. The molecular formula is C19H22ClN3O. The van der Waals surface area contributed by atoms with E-state index in [2.05, 4.69) is 17.1 Å². The highest BCUT2D eigenvalue weighted by atomic mass is 35.5. The van der Waals surface area contributed by atoms with Crippen LogP contribution in [-0.4, -0.2) is 18.5 Å². The number of carbonyl (C=O) groups is 1. The van der Waals surface area contributed by atoms with Gasteiger partial charge in [-0.15, -0.1) is 0 Å². The second kappa shape index (κ2) is 7.14. The molecular weight excluding hydrogens is 322 g/mol. The first-order valence-corrected chi connectivity index (χ1v) is 8.65. The highest BCUT2D eigenvalue weighted by Crippen LogP contribution is 2.33. The van der Waals surface area contributed by atoms with Gasteiger partial charge in [0.2, 0.25) is 0 Å². The molecule has 0 unspecified atom stereocenters. The SMILES string of the molecule is C[C@H]1CCCCN1c1ccc(N)cc1NC(=O)c1ccc(Cl)cc1. The average Bonchev–Trinajstić information content (AvgIpc) is 2.56. The van der Waals surface area contributed by atoms with Crippen molar-refractivity contribution in [3.05, 3.63) is 53.1 Å². The minimum atomic E-state index is -0.164. The fourth-order valence-corrected chi connectivity index (χ4v) is 3.28. The standard InChI is InChI=1S/C19H22ClN3O/c1-13-4-2-3-11-23(13)18-10-9-16(21)12-17(18)22-19(24)14-5-7-15(20)8-6-14/h5-10,12-13H,2-4,11,21H2,1H3,(H,22,24)/t13-/m0/s1. The normalized spacial score (nSPS) is 17.6. The van der Waals surface area contributed by atoms with E-state index in [1.165, 1.54) is 12.8 Å². The van der Waals surface area contributed by atoms with Crippen molar-refractivity contribution in [3.8, 4) is 0 Å². The lowest BCUT2D eigenvalue weighted by Crippen LogP contribution is -2.38. The van der Waals surface area contributed by atoms with Crippen molar-refractivity contribution in [2.75, 3.05) is 22.5 Å². The number of amides is 1. The number of benzene rings is 2. The maximum Gasteiger partial charge on any atom is 0.255 e. The van der Waals surface area contributed by atoms with Crippen LogP contribution in [-0.2, 0) is 0 Å². The number of hydrogen-bond donors (Lipinski definition) is 2. The van der Waals surface area contributed by atoms with Crippen molar-refractivity contribution in [2.24, 2.45) is 0 Å². The minimum Gasteiger partial charge on any atom is -0.399 e. The molecule has 4 nitrogen and oxygen atoms in total. The summed E-state index contributed by atoms with van der Waals surface area (Å²) in [6.45, 7) is 3.22. The van der Waals surface area contributed by atoms with Gasteiger partial charge in [-0.25, -0.2) is 0 Å². The molecule has 2 aromatic rings. The van der Waals surface area contributed by atoms with Gasteiger partial charge in [0.05, 0.1) is 11.4 Å². The van der Waals surface area contributed by atoms with E-state index in [0.717, 1.165) is 24.3 Å². The number of anilines is 3. The van der Waals surface area contributed by atoms with E-state index in [1.54, 1.807) is 24.3 Å². The molecule has 1 aliphatic rings. The summed E-state index contributed by atoms with van der Waals surface area (Å²) in [4.78, 5) is 14.9. The Morgan fingerprint density at radius 2 is 1.96 bits per heavy atom. The number of rotatable bonds is 3. The van der Waals surface area contributed by atoms with Gasteiger partial charge in [-0.05, 0) is 68.7 Å². The molecule has 126 valence electrons. The predicted molar refractivity (Wildman–Crippen MR) is 101 cm³/mol. The van der Waals surface area contributed by atoms with Crippen molar-refractivity contribution >= 4 is 34.6 Å². The van der Waals surface area contributed by atoms with E-state index in [0.29, 0.717) is 22.3 Å². The zero-order valence-electron chi connectivity index (χ0n) is 13.8. The molecule has 24 heavy (non-hydrogen) atoms. The minimum absolute atomic E-state index is 0.164. The van der Waals surface area contributed by atoms with Crippen LogP contribution in [0.3, 0.4) is 0 Å². The number of hydrogen-bond acceptors (Lipinski definition) is 3. The van der Waals surface area contributed by atoms with Crippen LogP contribution in [0.4, 0.5) is 17.1 Å². The highest BCUT2D eigenvalue weighted by molar-refractivity contribution is 6.30. The van der Waals surface area contributed by atoms with Gasteiger partial charge in [0.15, 0.2) is 0 Å². The van der Waals surface area contributed by atoms with Crippen molar-refractivity contribution < 1.29 is 4.79 Å². The van der Waals surface area contributed by atoms with Crippen LogP contribution >= 0.6 is 11.6 Å². The molecule has 0 spiro atoms. The summed E-state index contributed by atoms with van der Waals surface area (Å²) in [5.74, 6) is -0.164. The van der Waals surface area contributed by atoms with E-state index in [-0.39, 0.29) is 5.91 Å². The van der Waals surface area contributed by atoms with Crippen molar-refractivity contribution in [3.63, 3.8) is 0 Å². The molecule has 3 N–H and O–H groups in total. The average molecular weight is 344 g/mol. The van der Waals surface area contributed by atoms with Crippen LogP contribution < -0.4 is 16.0 Å². The van der Waals surface area contributed by atoms with Gasteiger partial charge in [0, 0.05) is 28.9 Å². The molecule has 1 amide bonds. The molecule has 3 rings (SSSR count). The second-order valence-electron chi connectivity index (χ2n) is 6.28. The molecule has 0 aromatic heterocycles. The first kappa shape index (κ1) is 16.7. The Kier molecular flexibility index (Phi) is 4.95. The summed E-state index contributed by atoms with van der Waals surface area (Å²) in [5, 5.41) is 3.61. The van der Waals surface area contributed by atoms with Crippen LogP contribution in [0.2, 0.25) is 5.02 Å². The number of nitrogens with zero attached hydrogens (tertiary/aromatic N) is 1. The number of piperidine rings is 1. The Morgan fingerprint density at radius 3 is 2.67 bits per heavy atom. The van der Waals surface area contributed by atoms with Crippen LogP contribution in [0.15, 0.2) is 42.5 Å². The van der Waals surface area contributed by atoms with Gasteiger partial charge in [0.25, 0.3) is 5.91 Å². The van der Waals surface area contributed by atoms with Gasteiger partial charge in [0.1, 0.15) is 0 Å². The lowest BCUT2D eigenvalue weighted by atomic mass is 10.0. The molecule has 1 atom stereocenters. The maximum atomic E-state index is 12.5. The molecule has 0 radical (unpaired) electrons. The quantitative estimate of drug-likeness (QED) is 0.803. The van der Waals surface area contributed by atoms with Crippen LogP contribution in [0, 0.1) is 0 Å². The van der Waals surface area contributed by atoms with Crippen molar-refractivity contribution in [2.45, 2.75) is 32.2 Å². The molecule has 0 bridgehead atoms. The summed E-state index contributed by atoms with van der Waals surface area (Å²) < 4.78 is 0. The first-order valence-electron chi connectivity index (χ1n) is 8.27. The monoisotopic (exact) mass is 343 g/mol. The smallest absolute Gasteiger partial charge is 0.255 e. The molecule has 2 aromatic carbocycles. The highest BCUT2D eigenvalue weighted by Gasteiger charge is 2.22. The number of nitrogens with two attached hydrogens (primary N) is 1. The van der Waals surface area contributed by atoms with Crippen LogP contribution in [0.1, 0.15) is 36.5 Å². The zero-order valence-corrected chi connectivity index (χ0v) is 14.5. The Hall–Kier alpha value is -2.20. The molecule has 0 aliphatic carbocycles. The summed E-state index contributed by atoms with van der Waals surface area (Å²) in [6, 6.07) is 13.0. The van der Waals surface area contributed by atoms with Crippen LogP contribution in [0.5, 0.6) is 0 Å². The van der Waals surface area contributed by atoms with E-state index in [4.69, 9.17) is 17.3 Å². The second-order valence-corrected chi connectivity index (χ2v) is 6.71. The lowest BCUT2D eigenvalue weighted by Gasteiger charge is -2.36. The molecule has 1 saturated heterocycles. The Bertz CT molecular complexity index is 730. The van der Waals surface area contributed by atoms with Crippen LogP contribution in [0.25, 0.3) is 0 Å². The first-order chi connectivity index (χ1) is 11.5. The van der Waals surface area contributed by atoms with E-state index in [9.17, 15) is 4.79 Å². The Labute approximate surface area is 147 Å². The summed E-state index contributed by atoms with van der Waals surface area (Å²) in [6.07, 6.45) is 3.58. The Balaban J connectivity index is 1.87. The van der Waals surface area contributed by atoms with Gasteiger partial charge in [-0.2, -0.15) is 0 Å². The van der Waals surface area contributed by atoms with E-state index in [1.807, 2.05) is 18.2 Å². The zero-order chi connectivity index (χ0) is 17.1. The molecule has 5 heteroatoms. The molecule has 1 heterocycles. The third-order valence-electron chi connectivity index (χ3n) is 4.49. The fraction of sp³-hybridized carbons (Fsp3) is 0.316. The van der Waals surface area contributed by atoms with Gasteiger partial charge in [-0.3, -0.25) is 4.79 Å². The predicted octanol–water partition coefficient (Wildman–Crippen LogP) is 4.55. The van der Waals surface area contributed by atoms with E-state index < -0.39 is 0 Å². The number of halogens is 1.